The average Bonchev–Trinajstić information content (AvgIpc) is 2.84. The Morgan fingerprint density at radius 3 is 2.65 bits per heavy atom. The van der Waals surface area contributed by atoms with Crippen LogP contribution in [0.15, 0.2) is 36.4 Å². The third-order valence-corrected chi connectivity index (χ3v) is 4.00. The van der Waals surface area contributed by atoms with E-state index in [1.54, 1.807) is 0 Å². The molecule has 1 aliphatic heterocycles. The van der Waals surface area contributed by atoms with Crippen molar-refractivity contribution in [1.82, 2.24) is 0 Å². The molecule has 0 unspecified atom stereocenters. The molecule has 102 valence electrons. The number of nitrogen functional groups attached to an aromatic ring is 1. The predicted molar refractivity (Wildman–Crippen MR) is 82.2 cm³/mol. The monoisotopic (exact) mass is 266 g/mol. The van der Waals surface area contributed by atoms with Gasteiger partial charge in [-0.1, -0.05) is 6.07 Å². The highest BCUT2D eigenvalue weighted by atomic mass is 16.2. The number of nitrogens with zero attached hydrogens (tertiary/aromatic N) is 1. The summed E-state index contributed by atoms with van der Waals surface area (Å²) in [6.07, 6.45) is 0.872. The average molecular weight is 266 g/mol. The number of anilines is 2. The Bertz CT molecular complexity index is 691. The van der Waals surface area contributed by atoms with Crippen LogP contribution in [0.3, 0.4) is 0 Å². The molecule has 20 heavy (non-hydrogen) atoms. The fourth-order valence-electron chi connectivity index (χ4n) is 2.66. The van der Waals surface area contributed by atoms with E-state index in [0.29, 0.717) is 0 Å². The van der Waals surface area contributed by atoms with Crippen molar-refractivity contribution in [3.05, 3.63) is 58.7 Å². The minimum atomic E-state index is 0.0663. The van der Waals surface area contributed by atoms with Gasteiger partial charge in [0.15, 0.2) is 0 Å². The van der Waals surface area contributed by atoms with Crippen LogP contribution in [0.4, 0.5) is 11.4 Å². The maximum absolute atomic E-state index is 12.7. The summed E-state index contributed by atoms with van der Waals surface area (Å²) in [5, 5.41) is 0. The lowest BCUT2D eigenvalue weighted by Crippen LogP contribution is -2.28. The minimum Gasteiger partial charge on any atom is -0.399 e. The highest BCUT2D eigenvalue weighted by Crippen LogP contribution is 2.31. The molecule has 0 radical (unpaired) electrons. The van der Waals surface area contributed by atoms with Crippen LogP contribution < -0.4 is 10.6 Å². The van der Waals surface area contributed by atoms with Gasteiger partial charge < -0.3 is 10.6 Å². The molecule has 2 aromatic rings. The van der Waals surface area contributed by atoms with Gasteiger partial charge in [0, 0.05) is 23.5 Å². The van der Waals surface area contributed by atoms with E-state index in [1.807, 2.05) is 48.2 Å². The lowest BCUT2D eigenvalue weighted by Gasteiger charge is -2.18. The molecule has 2 aromatic carbocycles. The molecule has 0 atom stereocenters. The van der Waals surface area contributed by atoms with Gasteiger partial charge >= 0.3 is 0 Å². The lowest BCUT2D eigenvalue weighted by molar-refractivity contribution is 0.0989. The Balaban J connectivity index is 1.95. The molecule has 0 bridgehead atoms. The zero-order valence-electron chi connectivity index (χ0n) is 11.8. The summed E-state index contributed by atoms with van der Waals surface area (Å²) in [4.78, 5) is 14.5. The minimum absolute atomic E-state index is 0.0663. The van der Waals surface area contributed by atoms with E-state index in [1.165, 1.54) is 5.56 Å². The van der Waals surface area contributed by atoms with E-state index in [9.17, 15) is 4.79 Å². The SMILES string of the molecule is Cc1ccc(C(=O)N2CCc3cc(N)ccc32)cc1C. The van der Waals surface area contributed by atoms with Crippen LogP contribution >= 0.6 is 0 Å². The van der Waals surface area contributed by atoms with E-state index in [2.05, 4.69) is 6.92 Å². The van der Waals surface area contributed by atoms with Crippen molar-refractivity contribution in [1.29, 1.82) is 0 Å². The molecule has 0 aromatic heterocycles. The summed E-state index contributed by atoms with van der Waals surface area (Å²) >= 11 is 0. The highest BCUT2D eigenvalue weighted by Gasteiger charge is 2.25. The van der Waals surface area contributed by atoms with Gasteiger partial charge in [0.1, 0.15) is 0 Å². The third kappa shape index (κ3) is 2.05. The van der Waals surface area contributed by atoms with E-state index >= 15 is 0 Å². The second-order valence-electron chi connectivity index (χ2n) is 5.39. The number of hydrogen-bond acceptors (Lipinski definition) is 2. The Morgan fingerprint density at radius 1 is 1.10 bits per heavy atom. The fourth-order valence-corrected chi connectivity index (χ4v) is 2.66. The largest absolute Gasteiger partial charge is 0.399 e. The van der Waals surface area contributed by atoms with Crippen molar-refractivity contribution >= 4 is 17.3 Å². The number of aryl methyl sites for hydroxylation is 2. The molecule has 3 nitrogen and oxygen atoms in total. The first kappa shape index (κ1) is 12.7. The van der Waals surface area contributed by atoms with Crippen molar-refractivity contribution in [3.8, 4) is 0 Å². The summed E-state index contributed by atoms with van der Waals surface area (Å²) in [5.74, 6) is 0.0663. The van der Waals surface area contributed by atoms with Crippen LogP contribution in [0.2, 0.25) is 0 Å². The number of nitrogens with two attached hydrogens (primary N) is 1. The zero-order valence-corrected chi connectivity index (χ0v) is 11.8. The molecular formula is C17H18N2O. The number of carbonyl (C=O) groups is 1. The maximum Gasteiger partial charge on any atom is 0.258 e. The summed E-state index contributed by atoms with van der Waals surface area (Å²) in [6.45, 7) is 4.81. The number of hydrogen-bond donors (Lipinski definition) is 1. The second kappa shape index (κ2) is 4.67. The molecule has 0 spiro atoms. The quantitative estimate of drug-likeness (QED) is 0.806. The van der Waals surface area contributed by atoms with E-state index in [-0.39, 0.29) is 5.91 Å². The number of carbonyl (C=O) groups excluding carboxylic acids is 1. The van der Waals surface area contributed by atoms with Crippen LogP contribution in [0.1, 0.15) is 27.0 Å². The maximum atomic E-state index is 12.7. The molecule has 1 amide bonds. The Kier molecular flexibility index (Phi) is 2.97. The Labute approximate surface area is 119 Å². The van der Waals surface area contributed by atoms with Crippen LogP contribution in [-0.4, -0.2) is 12.5 Å². The third-order valence-electron chi connectivity index (χ3n) is 4.00. The van der Waals surface area contributed by atoms with Crippen LogP contribution in [0.25, 0.3) is 0 Å². The van der Waals surface area contributed by atoms with Gasteiger partial charge in [0.05, 0.1) is 0 Å². The number of amides is 1. The molecule has 0 saturated heterocycles. The van der Waals surface area contributed by atoms with Crippen LogP contribution in [0, 0.1) is 13.8 Å². The number of fused-ring (bicyclic) bond motifs is 1. The smallest absolute Gasteiger partial charge is 0.258 e. The number of benzene rings is 2. The van der Waals surface area contributed by atoms with Gasteiger partial charge in [-0.15, -0.1) is 0 Å². The van der Waals surface area contributed by atoms with Gasteiger partial charge in [-0.25, -0.2) is 0 Å². The van der Waals surface area contributed by atoms with Gasteiger partial charge in [-0.3, -0.25) is 4.79 Å². The van der Waals surface area contributed by atoms with E-state index in [4.69, 9.17) is 5.73 Å². The summed E-state index contributed by atoms with van der Waals surface area (Å²) in [6, 6.07) is 11.6. The topological polar surface area (TPSA) is 46.3 Å². The standard InChI is InChI=1S/C17H18N2O/c1-11-3-4-14(9-12(11)2)17(20)19-8-7-13-10-15(18)5-6-16(13)19/h3-6,9-10H,7-8,18H2,1-2H3. The highest BCUT2D eigenvalue weighted by molar-refractivity contribution is 6.07. The van der Waals surface area contributed by atoms with Gasteiger partial charge in [-0.05, 0) is 67.3 Å². The molecule has 2 N–H and O–H groups in total. The van der Waals surface area contributed by atoms with E-state index in [0.717, 1.165) is 41.0 Å². The molecule has 3 heteroatoms. The normalized spacial score (nSPS) is 13.4. The molecule has 0 saturated carbocycles. The summed E-state index contributed by atoms with van der Waals surface area (Å²) in [7, 11) is 0. The van der Waals surface area contributed by atoms with Crippen LogP contribution in [-0.2, 0) is 6.42 Å². The molecule has 1 aliphatic rings. The first-order valence-corrected chi connectivity index (χ1v) is 6.84. The molecule has 0 fully saturated rings. The van der Waals surface area contributed by atoms with Gasteiger partial charge in [0.2, 0.25) is 0 Å². The van der Waals surface area contributed by atoms with Crippen molar-refractivity contribution in [2.75, 3.05) is 17.2 Å². The molecular weight excluding hydrogens is 248 g/mol. The Morgan fingerprint density at radius 2 is 1.90 bits per heavy atom. The predicted octanol–water partition coefficient (Wildman–Crippen LogP) is 3.09. The fraction of sp³-hybridized carbons (Fsp3) is 0.235. The van der Waals surface area contributed by atoms with Crippen molar-refractivity contribution < 1.29 is 4.79 Å². The van der Waals surface area contributed by atoms with Crippen molar-refractivity contribution in [2.24, 2.45) is 0 Å². The summed E-state index contributed by atoms with van der Waals surface area (Å²) < 4.78 is 0. The van der Waals surface area contributed by atoms with Gasteiger partial charge in [0.25, 0.3) is 5.91 Å². The zero-order chi connectivity index (χ0) is 14.3. The van der Waals surface area contributed by atoms with E-state index < -0.39 is 0 Å². The van der Waals surface area contributed by atoms with Crippen molar-refractivity contribution in [2.45, 2.75) is 20.3 Å². The first-order chi connectivity index (χ1) is 9.56. The summed E-state index contributed by atoms with van der Waals surface area (Å²) in [5.41, 5.74) is 11.8. The molecule has 1 heterocycles. The number of rotatable bonds is 1. The lowest BCUT2D eigenvalue weighted by atomic mass is 10.1. The van der Waals surface area contributed by atoms with Crippen molar-refractivity contribution in [3.63, 3.8) is 0 Å². The van der Waals surface area contributed by atoms with Crippen LogP contribution in [0.5, 0.6) is 0 Å². The first-order valence-electron chi connectivity index (χ1n) is 6.84. The molecule has 0 aliphatic carbocycles. The van der Waals surface area contributed by atoms with Gasteiger partial charge in [-0.2, -0.15) is 0 Å². The molecule has 3 rings (SSSR count). The Hall–Kier alpha value is -2.29. The second-order valence-corrected chi connectivity index (χ2v) is 5.39.